The van der Waals surface area contributed by atoms with Gasteiger partial charge in [0, 0.05) is 25.7 Å². The maximum absolute atomic E-state index is 10.00. The Hall–Kier alpha value is -1.26. The summed E-state index contributed by atoms with van der Waals surface area (Å²) >= 11 is 0. The Morgan fingerprint density at radius 1 is 1.12 bits per heavy atom. The highest BCUT2D eigenvalue weighted by atomic mass is 16.5. The van der Waals surface area contributed by atoms with Crippen LogP contribution in [0.4, 0.5) is 0 Å². The Bertz CT molecular complexity index is 316. The maximum atomic E-state index is 10.00. The van der Waals surface area contributed by atoms with E-state index in [1.807, 2.05) is 6.92 Å². The zero-order chi connectivity index (χ0) is 12.7. The van der Waals surface area contributed by atoms with Gasteiger partial charge in [0.25, 0.3) is 0 Å². The predicted molar refractivity (Wildman–Crippen MR) is 65.6 cm³/mol. The van der Waals surface area contributed by atoms with E-state index in [-0.39, 0.29) is 0 Å². The largest absolute Gasteiger partial charge is 0.497 e. The van der Waals surface area contributed by atoms with Gasteiger partial charge in [0.05, 0.1) is 20.3 Å². The van der Waals surface area contributed by atoms with Crippen LogP contribution in [0.1, 0.15) is 25.0 Å². The Balaban J connectivity index is 2.73. The predicted octanol–water partition coefficient (Wildman–Crippen LogP) is 2.16. The Morgan fingerprint density at radius 3 is 2.18 bits per heavy atom. The van der Waals surface area contributed by atoms with Gasteiger partial charge < -0.3 is 19.3 Å². The number of aliphatic hydroxyl groups is 1. The Kier molecular flexibility index (Phi) is 5.80. The molecule has 1 aromatic carbocycles. The molecule has 0 fully saturated rings. The lowest BCUT2D eigenvalue weighted by Gasteiger charge is -2.13. The lowest BCUT2D eigenvalue weighted by atomic mass is 10.1. The fourth-order valence-electron chi connectivity index (χ4n) is 1.53. The van der Waals surface area contributed by atoms with Gasteiger partial charge in [-0.05, 0) is 24.6 Å². The summed E-state index contributed by atoms with van der Waals surface area (Å²) in [7, 11) is 3.18. The topological polar surface area (TPSA) is 47.9 Å². The van der Waals surface area contributed by atoms with Crippen LogP contribution in [-0.4, -0.2) is 32.5 Å². The van der Waals surface area contributed by atoms with E-state index < -0.39 is 6.10 Å². The van der Waals surface area contributed by atoms with Crippen molar-refractivity contribution in [1.29, 1.82) is 0 Å². The molecule has 1 atom stereocenters. The summed E-state index contributed by atoms with van der Waals surface area (Å²) in [6.45, 7) is 3.13. The quantitative estimate of drug-likeness (QED) is 0.742. The molecular weight excluding hydrogens is 220 g/mol. The van der Waals surface area contributed by atoms with E-state index in [0.29, 0.717) is 31.1 Å². The lowest BCUT2D eigenvalue weighted by molar-refractivity contribution is 0.0884. The van der Waals surface area contributed by atoms with Crippen molar-refractivity contribution in [2.45, 2.75) is 19.4 Å². The van der Waals surface area contributed by atoms with Gasteiger partial charge in [-0.3, -0.25) is 0 Å². The molecule has 1 aromatic rings. The third-order valence-electron chi connectivity index (χ3n) is 2.50. The molecule has 0 saturated carbocycles. The summed E-state index contributed by atoms with van der Waals surface area (Å²) in [5, 5.41) is 10.00. The average molecular weight is 240 g/mol. The minimum atomic E-state index is -0.564. The first-order valence-electron chi connectivity index (χ1n) is 5.70. The number of hydrogen-bond donors (Lipinski definition) is 1. The van der Waals surface area contributed by atoms with Crippen molar-refractivity contribution in [3.05, 3.63) is 23.8 Å². The molecule has 0 heterocycles. The van der Waals surface area contributed by atoms with Crippen molar-refractivity contribution >= 4 is 0 Å². The second kappa shape index (κ2) is 7.14. The molecule has 0 aliphatic heterocycles. The highest BCUT2D eigenvalue weighted by Crippen LogP contribution is 2.27. The molecule has 0 amide bonds. The SMILES string of the molecule is CCOCCC(O)c1cc(OC)cc(OC)c1. The number of rotatable bonds is 7. The fourth-order valence-corrected chi connectivity index (χ4v) is 1.53. The number of methoxy groups -OCH3 is 2. The molecule has 4 nitrogen and oxygen atoms in total. The second-order valence-corrected chi connectivity index (χ2v) is 3.65. The van der Waals surface area contributed by atoms with E-state index in [9.17, 15) is 5.11 Å². The molecule has 0 spiro atoms. The first-order valence-corrected chi connectivity index (χ1v) is 5.70. The molecule has 0 saturated heterocycles. The summed E-state index contributed by atoms with van der Waals surface area (Å²) in [5.74, 6) is 1.35. The smallest absolute Gasteiger partial charge is 0.122 e. The van der Waals surface area contributed by atoms with Crippen LogP contribution in [0.15, 0.2) is 18.2 Å². The van der Waals surface area contributed by atoms with Gasteiger partial charge in [0.1, 0.15) is 11.5 Å². The van der Waals surface area contributed by atoms with E-state index in [0.717, 1.165) is 5.56 Å². The van der Waals surface area contributed by atoms with E-state index in [2.05, 4.69) is 0 Å². The highest BCUT2D eigenvalue weighted by molar-refractivity contribution is 5.39. The van der Waals surface area contributed by atoms with Crippen molar-refractivity contribution in [1.82, 2.24) is 0 Å². The van der Waals surface area contributed by atoms with Crippen LogP contribution in [-0.2, 0) is 4.74 Å². The van der Waals surface area contributed by atoms with Crippen LogP contribution in [0, 0.1) is 0 Å². The first kappa shape index (κ1) is 13.8. The van der Waals surface area contributed by atoms with E-state index in [4.69, 9.17) is 14.2 Å². The molecule has 0 bridgehead atoms. The van der Waals surface area contributed by atoms with E-state index in [1.54, 1.807) is 32.4 Å². The minimum absolute atomic E-state index is 0.539. The zero-order valence-electron chi connectivity index (χ0n) is 10.6. The van der Waals surface area contributed by atoms with Gasteiger partial charge in [-0.25, -0.2) is 0 Å². The van der Waals surface area contributed by atoms with Crippen LogP contribution in [0.25, 0.3) is 0 Å². The average Bonchev–Trinajstić information content (AvgIpc) is 2.38. The third-order valence-corrected chi connectivity index (χ3v) is 2.50. The second-order valence-electron chi connectivity index (χ2n) is 3.65. The fraction of sp³-hybridized carbons (Fsp3) is 0.538. The molecular formula is C13H20O4. The third kappa shape index (κ3) is 4.24. The summed E-state index contributed by atoms with van der Waals surface area (Å²) < 4.78 is 15.5. The summed E-state index contributed by atoms with van der Waals surface area (Å²) in [5.41, 5.74) is 0.779. The van der Waals surface area contributed by atoms with Crippen LogP contribution < -0.4 is 9.47 Å². The molecule has 0 radical (unpaired) electrons. The van der Waals surface area contributed by atoms with Crippen LogP contribution in [0.5, 0.6) is 11.5 Å². The van der Waals surface area contributed by atoms with Gasteiger partial charge in [0.2, 0.25) is 0 Å². The molecule has 17 heavy (non-hydrogen) atoms. The van der Waals surface area contributed by atoms with Crippen molar-refractivity contribution in [3.8, 4) is 11.5 Å². The number of ether oxygens (including phenoxy) is 3. The molecule has 0 aromatic heterocycles. The van der Waals surface area contributed by atoms with Gasteiger partial charge in [0.15, 0.2) is 0 Å². The van der Waals surface area contributed by atoms with E-state index in [1.165, 1.54) is 0 Å². The van der Waals surface area contributed by atoms with Crippen LogP contribution in [0.2, 0.25) is 0 Å². The van der Waals surface area contributed by atoms with Gasteiger partial charge in [-0.2, -0.15) is 0 Å². The minimum Gasteiger partial charge on any atom is -0.497 e. The molecule has 96 valence electrons. The standard InChI is InChI=1S/C13H20O4/c1-4-17-6-5-13(14)10-7-11(15-2)9-12(8-10)16-3/h7-9,13-14H,4-6H2,1-3H3. The molecule has 1 N–H and O–H groups in total. The monoisotopic (exact) mass is 240 g/mol. The molecule has 0 aliphatic carbocycles. The van der Waals surface area contributed by atoms with Crippen LogP contribution >= 0.6 is 0 Å². The number of hydrogen-bond acceptors (Lipinski definition) is 4. The summed E-state index contributed by atoms with van der Waals surface area (Å²) in [6.07, 6.45) is -0.00462. The normalized spacial score (nSPS) is 12.2. The Labute approximate surface area is 102 Å². The highest BCUT2D eigenvalue weighted by Gasteiger charge is 2.10. The Morgan fingerprint density at radius 2 is 1.71 bits per heavy atom. The van der Waals surface area contributed by atoms with Crippen molar-refractivity contribution in [3.63, 3.8) is 0 Å². The van der Waals surface area contributed by atoms with Crippen LogP contribution in [0.3, 0.4) is 0 Å². The lowest BCUT2D eigenvalue weighted by Crippen LogP contribution is -2.04. The van der Waals surface area contributed by atoms with Gasteiger partial charge in [-0.15, -0.1) is 0 Å². The van der Waals surface area contributed by atoms with Gasteiger partial charge >= 0.3 is 0 Å². The first-order chi connectivity index (χ1) is 8.21. The molecule has 0 aliphatic rings. The van der Waals surface area contributed by atoms with Crippen molar-refractivity contribution in [2.75, 3.05) is 27.4 Å². The molecule has 4 heteroatoms. The molecule has 1 rings (SSSR count). The zero-order valence-corrected chi connectivity index (χ0v) is 10.6. The summed E-state index contributed by atoms with van der Waals surface area (Å²) in [4.78, 5) is 0. The van der Waals surface area contributed by atoms with Crippen molar-refractivity contribution in [2.24, 2.45) is 0 Å². The number of benzene rings is 1. The molecule has 1 unspecified atom stereocenters. The maximum Gasteiger partial charge on any atom is 0.122 e. The van der Waals surface area contributed by atoms with E-state index >= 15 is 0 Å². The van der Waals surface area contributed by atoms with Gasteiger partial charge in [-0.1, -0.05) is 0 Å². The summed E-state index contributed by atoms with van der Waals surface area (Å²) in [6, 6.07) is 5.39. The van der Waals surface area contributed by atoms with Crippen molar-refractivity contribution < 1.29 is 19.3 Å². The number of aliphatic hydroxyl groups excluding tert-OH is 1.